The summed E-state index contributed by atoms with van der Waals surface area (Å²) in [5, 5.41) is 0. The van der Waals surface area contributed by atoms with Crippen molar-refractivity contribution in [2.24, 2.45) is 0 Å². The van der Waals surface area contributed by atoms with Crippen molar-refractivity contribution in [3.05, 3.63) is 56.8 Å². The topological polar surface area (TPSA) is 60.4 Å². The molecule has 0 amide bonds. The largest absolute Gasteiger partial charge is 0.454 e. The van der Waals surface area contributed by atoms with Gasteiger partial charge in [0.05, 0.1) is 11.3 Å². The predicted molar refractivity (Wildman–Crippen MR) is 98.4 cm³/mol. The van der Waals surface area contributed by atoms with Crippen molar-refractivity contribution in [2.75, 3.05) is 0 Å². The first-order chi connectivity index (χ1) is 11.8. The van der Waals surface area contributed by atoms with Crippen LogP contribution in [0, 0.1) is 20.8 Å². The average Bonchev–Trinajstić information content (AvgIpc) is 3.01. The average molecular weight is 358 g/mol. The van der Waals surface area contributed by atoms with Crippen LogP contribution in [-0.4, -0.2) is 23.6 Å². The number of carbonyl (C=O) groups excluding carboxylic acids is 3. The number of hydrogen-bond acceptors (Lipinski definition) is 5. The van der Waals surface area contributed by atoms with E-state index in [0.717, 1.165) is 16.0 Å². The summed E-state index contributed by atoms with van der Waals surface area (Å²) in [6.45, 7) is 7.38. The van der Waals surface area contributed by atoms with Gasteiger partial charge in [-0.05, 0) is 57.0 Å². The number of ketones is 2. The highest BCUT2D eigenvalue weighted by Gasteiger charge is 2.20. The quantitative estimate of drug-likeness (QED) is 0.542. The molecule has 132 valence electrons. The van der Waals surface area contributed by atoms with E-state index >= 15 is 0 Å². The number of carbonyl (C=O) groups is 3. The Kier molecular flexibility index (Phi) is 6.26. The molecule has 2 rings (SSSR count). The molecule has 0 aliphatic heterocycles. The number of hydrogen-bond donors (Lipinski definition) is 0. The summed E-state index contributed by atoms with van der Waals surface area (Å²) in [5.74, 6) is -0.855. The van der Waals surface area contributed by atoms with E-state index in [0.29, 0.717) is 10.4 Å². The number of benzene rings is 1. The van der Waals surface area contributed by atoms with Gasteiger partial charge in [-0.25, -0.2) is 0 Å². The number of rotatable bonds is 7. The fraction of sp³-hybridized carbons (Fsp3) is 0.350. The Bertz CT molecular complexity index is 804. The number of esters is 1. The van der Waals surface area contributed by atoms with Crippen LogP contribution in [0.25, 0.3) is 0 Å². The number of ether oxygens (including phenoxy) is 1. The minimum atomic E-state index is -0.867. The van der Waals surface area contributed by atoms with Crippen LogP contribution >= 0.6 is 11.3 Å². The normalized spacial score (nSPS) is 11.8. The third-order valence-corrected chi connectivity index (χ3v) is 5.08. The molecule has 4 nitrogen and oxygen atoms in total. The molecule has 0 aliphatic rings. The Morgan fingerprint density at radius 1 is 1.00 bits per heavy atom. The van der Waals surface area contributed by atoms with Crippen LogP contribution in [0.3, 0.4) is 0 Å². The van der Waals surface area contributed by atoms with Crippen molar-refractivity contribution in [1.29, 1.82) is 0 Å². The first kappa shape index (κ1) is 19.1. The van der Waals surface area contributed by atoms with E-state index in [1.165, 1.54) is 11.3 Å². The van der Waals surface area contributed by atoms with Crippen molar-refractivity contribution >= 4 is 28.9 Å². The second-order valence-corrected chi connectivity index (χ2v) is 7.42. The molecular formula is C20H22O4S. The molecule has 0 N–H and O–H groups in total. The highest BCUT2D eigenvalue weighted by molar-refractivity contribution is 7.14. The third kappa shape index (κ3) is 5.10. The molecule has 1 atom stereocenters. The molecular weight excluding hydrogens is 336 g/mol. The second kappa shape index (κ2) is 8.21. The zero-order valence-corrected chi connectivity index (χ0v) is 15.7. The van der Waals surface area contributed by atoms with Crippen LogP contribution in [0.1, 0.15) is 55.8 Å². The first-order valence-electron chi connectivity index (χ1n) is 8.18. The molecule has 2 aromatic rings. The number of Topliss-reactive ketones (excluding diaryl/α,β-unsaturated/α-hetero) is 2. The zero-order chi connectivity index (χ0) is 18.6. The van der Waals surface area contributed by atoms with Crippen LogP contribution in [0.2, 0.25) is 0 Å². The molecule has 0 saturated heterocycles. The standard InChI is InChI=1S/C20H22O4S/c1-12-5-7-16(11-13(12)2)20(23)15(4)24-19(22)10-8-17(21)18-9-6-14(3)25-18/h5-7,9,11,15H,8,10H2,1-4H3. The summed E-state index contributed by atoms with van der Waals surface area (Å²) in [7, 11) is 0. The van der Waals surface area contributed by atoms with E-state index in [2.05, 4.69) is 0 Å². The van der Waals surface area contributed by atoms with Gasteiger partial charge in [0.1, 0.15) is 0 Å². The van der Waals surface area contributed by atoms with E-state index < -0.39 is 12.1 Å². The molecule has 0 radical (unpaired) electrons. The molecule has 25 heavy (non-hydrogen) atoms. The third-order valence-electron chi connectivity index (χ3n) is 4.04. The van der Waals surface area contributed by atoms with Crippen LogP contribution in [0.15, 0.2) is 30.3 Å². The Labute approximate surface area is 151 Å². The number of aryl methyl sites for hydroxylation is 3. The highest BCUT2D eigenvalue weighted by Crippen LogP contribution is 2.18. The van der Waals surface area contributed by atoms with Gasteiger partial charge in [-0.15, -0.1) is 11.3 Å². The summed E-state index contributed by atoms with van der Waals surface area (Å²) in [4.78, 5) is 38.0. The maximum Gasteiger partial charge on any atom is 0.306 e. The predicted octanol–water partition coefficient (Wildman–Crippen LogP) is 4.45. The van der Waals surface area contributed by atoms with E-state index in [9.17, 15) is 14.4 Å². The van der Waals surface area contributed by atoms with Crippen LogP contribution in [0.4, 0.5) is 0 Å². The summed E-state index contributed by atoms with van der Waals surface area (Å²) < 4.78 is 5.19. The van der Waals surface area contributed by atoms with Crippen LogP contribution < -0.4 is 0 Å². The van der Waals surface area contributed by atoms with Gasteiger partial charge in [0, 0.05) is 16.9 Å². The van der Waals surface area contributed by atoms with E-state index in [-0.39, 0.29) is 24.4 Å². The Hall–Kier alpha value is -2.27. The molecule has 1 aromatic heterocycles. The molecule has 5 heteroatoms. The first-order valence-corrected chi connectivity index (χ1v) is 9.00. The van der Waals surface area contributed by atoms with Crippen LogP contribution in [0.5, 0.6) is 0 Å². The Morgan fingerprint density at radius 3 is 2.32 bits per heavy atom. The van der Waals surface area contributed by atoms with Gasteiger partial charge in [0.25, 0.3) is 0 Å². The second-order valence-electron chi connectivity index (χ2n) is 6.13. The van der Waals surface area contributed by atoms with Crippen molar-refractivity contribution in [3.8, 4) is 0 Å². The van der Waals surface area contributed by atoms with Gasteiger partial charge in [-0.3, -0.25) is 14.4 Å². The lowest BCUT2D eigenvalue weighted by atomic mass is 10.0. The molecule has 0 aliphatic carbocycles. The van der Waals surface area contributed by atoms with E-state index in [1.807, 2.05) is 32.9 Å². The van der Waals surface area contributed by atoms with Gasteiger partial charge >= 0.3 is 5.97 Å². The fourth-order valence-electron chi connectivity index (χ4n) is 2.36. The van der Waals surface area contributed by atoms with Gasteiger partial charge in [0.15, 0.2) is 11.9 Å². The molecule has 1 aromatic carbocycles. The lowest BCUT2D eigenvalue weighted by molar-refractivity contribution is -0.146. The van der Waals surface area contributed by atoms with Gasteiger partial charge in [-0.2, -0.15) is 0 Å². The Balaban J connectivity index is 1.87. The monoisotopic (exact) mass is 358 g/mol. The fourth-order valence-corrected chi connectivity index (χ4v) is 3.20. The van der Waals surface area contributed by atoms with E-state index in [1.54, 1.807) is 25.1 Å². The van der Waals surface area contributed by atoms with Crippen molar-refractivity contribution in [3.63, 3.8) is 0 Å². The van der Waals surface area contributed by atoms with Gasteiger partial charge in [0.2, 0.25) is 5.78 Å². The molecule has 1 heterocycles. The summed E-state index contributed by atoms with van der Waals surface area (Å²) in [6.07, 6.45) is -0.808. The number of thiophene rings is 1. The Morgan fingerprint density at radius 2 is 1.72 bits per heavy atom. The molecule has 0 spiro atoms. The van der Waals surface area contributed by atoms with Gasteiger partial charge in [-0.1, -0.05) is 12.1 Å². The van der Waals surface area contributed by atoms with Crippen molar-refractivity contribution in [1.82, 2.24) is 0 Å². The lowest BCUT2D eigenvalue weighted by Crippen LogP contribution is -2.24. The lowest BCUT2D eigenvalue weighted by Gasteiger charge is -2.13. The van der Waals surface area contributed by atoms with Gasteiger partial charge < -0.3 is 4.74 Å². The van der Waals surface area contributed by atoms with E-state index in [4.69, 9.17) is 4.74 Å². The zero-order valence-electron chi connectivity index (χ0n) is 14.9. The maximum absolute atomic E-state index is 12.4. The summed E-state index contributed by atoms with van der Waals surface area (Å²) in [6, 6.07) is 9.04. The van der Waals surface area contributed by atoms with Crippen molar-refractivity contribution in [2.45, 2.75) is 46.6 Å². The summed E-state index contributed by atoms with van der Waals surface area (Å²) in [5.41, 5.74) is 2.64. The summed E-state index contributed by atoms with van der Waals surface area (Å²) >= 11 is 1.41. The minimum absolute atomic E-state index is 0.0275. The molecule has 0 fully saturated rings. The highest BCUT2D eigenvalue weighted by atomic mass is 32.1. The molecule has 1 unspecified atom stereocenters. The molecule has 0 bridgehead atoms. The maximum atomic E-state index is 12.4. The van der Waals surface area contributed by atoms with Crippen LogP contribution in [-0.2, 0) is 9.53 Å². The minimum Gasteiger partial charge on any atom is -0.454 e. The smallest absolute Gasteiger partial charge is 0.306 e. The van der Waals surface area contributed by atoms with Crippen molar-refractivity contribution < 1.29 is 19.1 Å². The molecule has 0 saturated carbocycles. The SMILES string of the molecule is Cc1ccc(C(=O)CCC(=O)OC(C)C(=O)c2ccc(C)c(C)c2)s1.